The van der Waals surface area contributed by atoms with Crippen LogP contribution in [0.4, 0.5) is 5.69 Å². The van der Waals surface area contributed by atoms with Crippen LogP contribution < -0.4 is 5.73 Å². The lowest BCUT2D eigenvalue weighted by molar-refractivity contribution is 1.33. The van der Waals surface area contributed by atoms with Crippen LogP contribution in [0.15, 0.2) is 30.3 Å². The van der Waals surface area contributed by atoms with Crippen LogP contribution in [0, 0.1) is 27.7 Å². The lowest BCUT2D eigenvalue weighted by Crippen LogP contribution is -1.94. The van der Waals surface area contributed by atoms with E-state index in [2.05, 4.69) is 58.0 Å². The maximum Gasteiger partial charge on any atom is 0.0352 e. The molecule has 0 aliphatic rings. The van der Waals surface area contributed by atoms with Gasteiger partial charge in [0, 0.05) is 5.69 Å². The molecule has 0 saturated heterocycles. The number of benzene rings is 2. The van der Waals surface area contributed by atoms with Crippen molar-refractivity contribution >= 4 is 5.69 Å². The Kier molecular flexibility index (Phi) is 2.93. The summed E-state index contributed by atoms with van der Waals surface area (Å²) < 4.78 is 0. The summed E-state index contributed by atoms with van der Waals surface area (Å²) in [5.41, 5.74) is 14.4. The SMILES string of the molecule is Cc1ccc(-c2cc(C)c(C)c(N)c2)c(C)c1. The van der Waals surface area contributed by atoms with Crippen LogP contribution in [-0.2, 0) is 0 Å². The molecule has 0 saturated carbocycles. The molecule has 1 nitrogen and oxygen atoms in total. The first kappa shape index (κ1) is 11.7. The summed E-state index contributed by atoms with van der Waals surface area (Å²) in [6.45, 7) is 8.44. The minimum atomic E-state index is 0.875. The van der Waals surface area contributed by atoms with E-state index in [9.17, 15) is 0 Å². The van der Waals surface area contributed by atoms with Crippen LogP contribution in [0.25, 0.3) is 11.1 Å². The molecule has 2 aromatic carbocycles. The second-order valence-corrected chi connectivity index (χ2v) is 4.83. The van der Waals surface area contributed by atoms with Crippen LogP contribution in [0.5, 0.6) is 0 Å². The second-order valence-electron chi connectivity index (χ2n) is 4.83. The van der Waals surface area contributed by atoms with Crippen LogP contribution in [0.2, 0.25) is 0 Å². The molecule has 0 amide bonds. The minimum Gasteiger partial charge on any atom is -0.398 e. The van der Waals surface area contributed by atoms with Crippen molar-refractivity contribution in [2.45, 2.75) is 27.7 Å². The van der Waals surface area contributed by atoms with Crippen LogP contribution >= 0.6 is 0 Å². The van der Waals surface area contributed by atoms with Gasteiger partial charge in [0.1, 0.15) is 0 Å². The number of hydrogen-bond acceptors (Lipinski definition) is 1. The summed E-state index contributed by atoms with van der Waals surface area (Å²) in [7, 11) is 0. The highest BCUT2D eigenvalue weighted by Crippen LogP contribution is 2.29. The Bertz CT molecular complexity index is 545. The molecule has 0 fully saturated rings. The fourth-order valence-corrected chi connectivity index (χ4v) is 2.18. The molecule has 0 bridgehead atoms. The third-order valence-corrected chi connectivity index (χ3v) is 3.40. The van der Waals surface area contributed by atoms with E-state index < -0.39 is 0 Å². The summed E-state index contributed by atoms with van der Waals surface area (Å²) in [4.78, 5) is 0. The predicted molar refractivity (Wildman–Crippen MR) is 75.2 cm³/mol. The summed E-state index contributed by atoms with van der Waals surface area (Å²) in [5, 5.41) is 0. The highest BCUT2D eigenvalue weighted by atomic mass is 14.6. The molecule has 88 valence electrons. The van der Waals surface area contributed by atoms with Gasteiger partial charge in [-0.2, -0.15) is 0 Å². The Morgan fingerprint density at radius 2 is 1.53 bits per heavy atom. The zero-order valence-electron chi connectivity index (χ0n) is 11.0. The number of nitrogens with two attached hydrogens (primary N) is 1. The zero-order chi connectivity index (χ0) is 12.6. The third kappa shape index (κ3) is 2.19. The van der Waals surface area contributed by atoms with Gasteiger partial charge in [-0.3, -0.25) is 0 Å². The van der Waals surface area contributed by atoms with Gasteiger partial charge >= 0.3 is 0 Å². The van der Waals surface area contributed by atoms with Gasteiger partial charge in [-0.25, -0.2) is 0 Å². The Balaban J connectivity index is 2.61. The van der Waals surface area contributed by atoms with Gasteiger partial charge in [-0.1, -0.05) is 29.8 Å². The van der Waals surface area contributed by atoms with Gasteiger partial charge in [0.15, 0.2) is 0 Å². The van der Waals surface area contributed by atoms with Crippen molar-refractivity contribution in [3.8, 4) is 11.1 Å². The Morgan fingerprint density at radius 3 is 2.12 bits per heavy atom. The first-order chi connectivity index (χ1) is 7.99. The standard InChI is InChI=1S/C16H19N/c1-10-5-6-15(12(3)7-10)14-8-11(2)13(4)16(17)9-14/h5-9H,17H2,1-4H3. The lowest BCUT2D eigenvalue weighted by Gasteiger charge is -2.11. The van der Waals surface area contributed by atoms with Crippen molar-refractivity contribution < 1.29 is 0 Å². The maximum atomic E-state index is 6.04. The normalized spacial score (nSPS) is 10.6. The van der Waals surface area contributed by atoms with E-state index in [4.69, 9.17) is 5.73 Å². The first-order valence-electron chi connectivity index (χ1n) is 5.93. The maximum absolute atomic E-state index is 6.04. The molecule has 0 radical (unpaired) electrons. The van der Waals surface area contributed by atoms with E-state index in [1.807, 2.05) is 0 Å². The fourth-order valence-electron chi connectivity index (χ4n) is 2.18. The van der Waals surface area contributed by atoms with Crippen molar-refractivity contribution in [2.75, 3.05) is 5.73 Å². The van der Waals surface area contributed by atoms with Gasteiger partial charge in [0.25, 0.3) is 0 Å². The monoisotopic (exact) mass is 225 g/mol. The molecule has 2 N–H and O–H groups in total. The molecule has 0 aliphatic heterocycles. The Hall–Kier alpha value is -1.76. The Morgan fingerprint density at radius 1 is 0.824 bits per heavy atom. The number of hydrogen-bond donors (Lipinski definition) is 1. The molecular formula is C16H19N. The van der Waals surface area contributed by atoms with Crippen molar-refractivity contribution in [3.05, 3.63) is 52.6 Å². The number of rotatable bonds is 1. The molecule has 0 spiro atoms. The van der Waals surface area contributed by atoms with Gasteiger partial charge in [-0.05, 0) is 61.6 Å². The number of anilines is 1. The van der Waals surface area contributed by atoms with E-state index in [0.717, 1.165) is 5.69 Å². The van der Waals surface area contributed by atoms with Crippen LogP contribution in [-0.4, -0.2) is 0 Å². The zero-order valence-corrected chi connectivity index (χ0v) is 11.0. The highest BCUT2D eigenvalue weighted by Gasteiger charge is 2.06. The van der Waals surface area contributed by atoms with Crippen molar-refractivity contribution in [1.82, 2.24) is 0 Å². The molecular weight excluding hydrogens is 206 g/mol. The molecule has 0 unspecified atom stereocenters. The smallest absolute Gasteiger partial charge is 0.0352 e. The molecule has 0 aliphatic carbocycles. The van der Waals surface area contributed by atoms with Crippen LogP contribution in [0.3, 0.4) is 0 Å². The molecule has 0 heterocycles. The molecule has 2 rings (SSSR count). The number of aryl methyl sites for hydroxylation is 3. The predicted octanol–water partition coefficient (Wildman–Crippen LogP) is 4.17. The second kappa shape index (κ2) is 4.25. The van der Waals surface area contributed by atoms with Gasteiger partial charge in [0.05, 0.1) is 0 Å². The van der Waals surface area contributed by atoms with Crippen molar-refractivity contribution in [3.63, 3.8) is 0 Å². The van der Waals surface area contributed by atoms with Gasteiger partial charge in [0.2, 0.25) is 0 Å². The lowest BCUT2D eigenvalue weighted by atomic mass is 9.95. The summed E-state index contributed by atoms with van der Waals surface area (Å²) in [6.07, 6.45) is 0. The summed E-state index contributed by atoms with van der Waals surface area (Å²) >= 11 is 0. The van der Waals surface area contributed by atoms with Gasteiger partial charge in [-0.15, -0.1) is 0 Å². The third-order valence-electron chi connectivity index (χ3n) is 3.40. The van der Waals surface area contributed by atoms with E-state index in [0.29, 0.717) is 0 Å². The van der Waals surface area contributed by atoms with Crippen LogP contribution in [0.1, 0.15) is 22.3 Å². The molecule has 0 atom stereocenters. The summed E-state index contributed by atoms with van der Waals surface area (Å²) in [5.74, 6) is 0. The van der Waals surface area contributed by atoms with Crippen molar-refractivity contribution in [2.24, 2.45) is 0 Å². The first-order valence-corrected chi connectivity index (χ1v) is 5.93. The molecule has 17 heavy (non-hydrogen) atoms. The van der Waals surface area contributed by atoms with E-state index in [1.54, 1.807) is 0 Å². The average Bonchev–Trinajstić information content (AvgIpc) is 2.25. The Labute approximate surface area is 103 Å². The topological polar surface area (TPSA) is 26.0 Å². The quantitative estimate of drug-likeness (QED) is 0.724. The average molecular weight is 225 g/mol. The van der Waals surface area contributed by atoms with E-state index in [1.165, 1.54) is 33.4 Å². The fraction of sp³-hybridized carbons (Fsp3) is 0.250. The van der Waals surface area contributed by atoms with E-state index in [-0.39, 0.29) is 0 Å². The molecule has 2 aromatic rings. The number of nitrogen functional groups attached to an aromatic ring is 1. The van der Waals surface area contributed by atoms with Gasteiger partial charge < -0.3 is 5.73 Å². The minimum absolute atomic E-state index is 0.875. The summed E-state index contributed by atoms with van der Waals surface area (Å²) in [6, 6.07) is 10.8. The molecule has 0 aromatic heterocycles. The van der Waals surface area contributed by atoms with Crippen molar-refractivity contribution in [1.29, 1.82) is 0 Å². The van der Waals surface area contributed by atoms with E-state index >= 15 is 0 Å². The molecule has 1 heteroatoms. The highest BCUT2D eigenvalue weighted by molar-refractivity contribution is 5.73. The largest absolute Gasteiger partial charge is 0.398 e.